The first-order valence-corrected chi connectivity index (χ1v) is 4.96. The first-order chi connectivity index (χ1) is 6.82. The van der Waals surface area contributed by atoms with Gasteiger partial charge in [-0.05, 0) is 24.3 Å². The summed E-state index contributed by atoms with van der Waals surface area (Å²) < 4.78 is 0.321. The van der Waals surface area contributed by atoms with E-state index in [1.165, 1.54) is 0 Å². The zero-order valence-corrected chi connectivity index (χ0v) is 10.1. The van der Waals surface area contributed by atoms with E-state index >= 15 is 0 Å². The molecule has 0 atom stereocenters. The molecule has 0 radical (unpaired) electrons. The van der Waals surface area contributed by atoms with Gasteiger partial charge in [0.2, 0.25) is 0 Å². The highest BCUT2D eigenvalue weighted by Gasteiger charge is 2.22. The van der Waals surface area contributed by atoms with Crippen LogP contribution in [0, 0.1) is 0 Å². The topological polar surface area (TPSA) is 20.3 Å². The lowest BCUT2D eigenvalue weighted by Gasteiger charge is -2.21. The van der Waals surface area contributed by atoms with Crippen LogP contribution in [0.2, 0.25) is 0 Å². The Morgan fingerprint density at radius 3 is 1.87 bits per heavy atom. The predicted molar refractivity (Wildman–Crippen MR) is 63.1 cm³/mol. The molecule has 3 nitrogen and oxygen atoms in total. The first-order valence-electron chi connectivity index (χ1n) is 4.96. The van der Waals surface area contributed by atoms with Crippen LogP contribution >= 0.6 is 0 Å². The Kier molecular flexibility index (Phi) is 3.15. The normalized spacial score (nSPS) is 11.3. The summed E-state index contributed by atoms with van der Waals surface area (Å²) in [6.45, 7) is 0. The lowest BCUT2D eigenvalue weighted by Crippen LogP contribution is -2.41. The first kappa shape index (κ1) is 11.7. The SMILES string of the molecule is CN(C)c1ccc(C(=O)[N+](C)(C)C)cc1. The van der Waals surface area contributed by atoms with Crippen LogP contribution in [-0.2, 0) is 0 Å². The van der Waals surface area contributed by atoms with Crippen molar-refractivity contribution in [3.8, 4) is 0 Å². The number of hydrogen-bond donors (Lipinski definition) is 0. The van der Waals surface area contributed by atoms with Crippen LogP contribution in [0.25, 0.3) is 0 Å². The molecule has 0 aliphatic carbocycles. The Morgan fingerprint density at radius 2 is 1.53 bits per heavy atom. The van der Waals surface area contributed by atoms with Gasteiger partial charge in [0.1, 0.15) is 0 Å². The summed E-state index contributed by atoms with van der Waals surface area (Å²) in [5.41, 5.74) is 1.86. The summed E-state index contributed by atoms with van der Waals surface area (Å²) >= 11 is 0. The van der Waals surface area contributed by atoms with Crippen molar-refractivity contribution in [2.75, 3.05) is 40.1 Å². The minimum Gasteiger partial charge on any atom is -0.378 e. The maximum absolute atomic E-state index is 11.9. The quantitative estimate of drug-likeness (QED) is 0.687. The predicted octanol–water partition coefficient (Wildman–Crippen LogP) is 1.60. The lowest BCUT2D eigenvalue weighted by molar-refractivity contribution is -0.785. The van der Waals surface area contributed by atoms with Crippen LogP contribution in [0.15, 0.2) is 24.3 Å². The average molecular weight is 207 g/mol. The molecule has 1 aromatic rings. The fourth-order valence-electron chi connectivity index (χ4n) is 1.29. The smallest absolute Gasteiger partial charge is 0.345 e. The van der Waals surface area contributed by atoms with E-state index in [-0.39, 0.29) is 5.91 Å². The van der Waals surface area contributed by atoms with Gasteiger partial charge in [-0.3, -0.25) is 4.48 Å². The molecule has 0 aromatic heterocycles. The third-order valence-corrected chi connectivity index (χ3v) is 2.24. The molecule has 0 unspecified atom stereocenters. The van der Waals surface area contributed by atoms with Gasteiger partial charge in [0, 0.05) is 19.8 Å². The minimum absolute atomic E-state index is 0.125. The van der Waals surface area contributed by atoms with Gasteiger partial charge in [0.25, 0.3) is 0 Å². The highest BCUT2D eigenvalue weighted by atomic mass is 16.2. The van der Waals surface area contributed by atoms with Crippen molar-refractivity contribution in [2.45, 2.75) is 0 Å². The molecule has 0 heterocycles. The summed E-state index contributed by atoms with van der Waals surface area (Å²) in [6.07, 6.45) is 0. The second-order valence-corrected chi connectivity index (χ2v) is 4.76. The molecule has 0 aliphatic rings. The van der Waals surface area contributed by atoms with Crippen LogP contribution in [0.1, 0.15) is 10.4 Å². The maximum atomic E-state index is 11.9. The van der Waals surface area contributed by atoms with Gasteiger partial charge in [0.05, 0.1) is 26.7 Å². The summed E-state index contributed by atoms with van der Waals surface area (Å²) in [6, 6.07) is 7.67. The summed E-state index contributed by atoms with van der Waals surface area (Å²) in [4.78, 5) is 13.9. The number of rotatable bonds is 2. The van der Waals surface area contributed by atoms with E-state index in [9.17, 15) is 4.79 Å². The molecule has 3 heteroatoms. The molecule has 0 saturated carbocycles. The van der Waals surface area contributed by atoms with Gasteiger partial charge in [-0.25, -0.2) is 4.79 Å². The highest BCUT2D eigenvalue weighted by Crippen LogP contribution is 2.14. The van der Waals surface area contributed by atoms with Crippen LogP contribution in [0.5, 0.6) is 0 Å². The van der Waals surface area contributed by atoms with Crippen molar-refractivity contribution in [1.29, 1.82) is 0 Å². The Balaban J connectivity index is 2.95. The van der Waals surface area contributed by atoms with Crippen molar-refractivity contribution >= 4 is 11.6 Å². The monoisotopic (exact) mass is 207 g/mol. The van der Waals surface area contributed by atoms with Crippen molar-refractivity contribution in [2.24, 2.45) is 0 Å². The van der Waals surface area contributed by atoms with Gasteiger partial charge < -0.3 is 4.90 Å². The van der Waals surface area contributed by atoms with Gasteiger partial charge in [0.15, 0.2) is 0 Å². The Labute approximate surface area is 91.5 Å². The Morgan fingerprint density at radius 1 is 1.07 bits per heavy atom. The van der Waals surface area contributed by atoms with Crippen LogP contribution in [0.3, 0.4) is 0 Å². The number of nitrogens with zero attached hydrogens (tertiary/aromatic N) is 2. The molecule has 1 rings (SSSR count). The van der Waals surface area contributed by atoms with Crippen molar-refractivity contribution in [1.82, 2.24) is 0 Å². The number of carbonyl (C=O) groups excluding carboxylic acids is 1. The van der Waals surface area contributed by atoms with E-state index < -0.39 is 0 Å². The van der Waals surface area contributed by atoms with E-state index in [0.29, 0.717) is 4.48 Å². The summed E-state index contributed by atoms with van der Waals surface area (Å²) in [5, 5.41) is 0. The zero-order chi connectivity index (χ0) is 11.6. The average Bonchev–Trinajstić information content (AvgIpc) is 2.15. The molecule has 15 heavy (non-hydrogen) atoms. The molecule has 0 aliphatic heterocycles. The number of carbonyl (C=O) groups is 1. The van der Waals surface area contributed by atoms with Gasteiger partial charge in [-0.1, -0.05) is 0 Å². The third-order valence-electron chi connectivity index (χ3n) is 2.24. The van der Waals surface area contributed by atoms with E-state index in [1.54, 1.807) is 0 Å². The molecule has 0 saturated heterocycles. The van der Waals surface area contributed by atoms with Crippen molar-refractivity contribution in [3.63, 3.8) is 0 Å². The number of hydrogen-bond acceptors (Lipinski definition) is 2. The molecular weight excluding hydrogens is 188 g/mol. The maximum Gasteiger partial charge on any atom is 0.345 e. The molecule has 1 amide bonds. The number of amides is 1. The molecule has 0 bridgehead atoms. The van der Waals surface area contributed by atoms with Gasteiger partial charge >= 0.3 is 5.91 Å². The third kappa shape index (κ3) is 2.80. The number of benzene rings is 1. The van der Waals surface area contributed by atoms with Gasteiger partial charge in [-0.2, -0.15) is 0 Å². The fraction of sp³-hybridized carbons (Fsp3) is 0.417. The van der Waals surface area contributed by atoms with Crippen LogP contribution in [0.4, 0.5) is 5.69 Å². The molecule has 0 fully saturated rings. The molecule has 0 N–H and O–H groups in total. The zero-order valence-electron chi connectivity index (χ0n) is 10.1. The Hall–Kier alpha value is -1.35. The lowest BCUT2D eigenvalue weighted by atomic mass is 10.1. The van der Waals surface area contributed by atoms with E-state index in [1.807, 2.05) is 64.4 Å². The number of quaternary nitrogens is 1. The highest BCUT2D eigenvalue weighted by molar-refractivity contribution is 5.89. The van der Waals surface area contributed by atoms with Crippen LogP contribution in [-0.4, -0.2) is 45.6 Å². The van der Waals surface area contributed by atoms with Crippen molar-refractivity contribution in [3.05, 3.63) is 29.8 Å². The molecule has 1 aromatic carbocycles. The second kappa shape index (κ2) is 4.03. The van der Waals surface area contributed by atoms with E-state index in [0.717, 1.165) is 11.3 Å². The Bertz CT molecular complexity index is 347. The molecule has 0 spiro atoms. The number of anilines is 1. The summed E-state index contributed by atoms with van der Waals surface area (Å²) in [7, 11) is 9.60. The minimum atomic E-state index is 0.125. The van der Waals surface area contributed by atoms with E-state index in [2.05, 4.69) is 0 Å². The molecule has 82 valence electrons. The second-order valence-electron chi connectivity index (χ2n) is 4.76. The fourth-order valence-corrected chi connectivity index (χ4v) is 1.29. The van der Waals surface area contributed by atoms with Gasteiger partial charge in [-0.15, -0.1) is 0 Å². The largest absolute Gasteiger partial charge is 0.378 e. The van der Waals surface area contributed by atoms with E-state index in [4.69, 9.17) is 0 Å². The van der Waals surface area contributed by atoms with Crippen molar-refractivity contribution < 1.29 is 9.28 Å². The van der Waals surface area contributed by atoms with Crippen LogP contribution < -0.4 is 4.90 Å². The molecular formula is C12H19N2O+. The summed E-state index contributed by atoms with van der Waals surface area (Å²) in [5.74, 6) is 0.125. The standard InChI is InChI=1S/C12H19N2O/c1-13(2)11-8-6-10(7-9-11)12(15)14(3,4)5/h6-9H,1-5H3/q+1.